The first-order valence-corrected chi connectivity index (χ1v) is 5.42. The molecule has 1 aromatic rings. The third-order valence-corrected chi connectivity index (χ3v) is 2.84. The van der Waals surface area contributed by atoms with Crippen molar-refractivity contribution in [2.24, 2.45) is 0 Å². The Labute approximate surface area is 86.8 Å². The number of aryl methyl sites for hydroxylation is 1. The van der Waals surface area contributed by atoms with E-state index in [1.807, 2.05) is 26.0 Å². The molecule has 1 aromatic carbocycles. The molecule has 14 heavy (non-hydrogen) atoms. The maximum absolute atomic E-state index is 9.33. The molecule has 0 spiro atoms. The maximum atomic E-state index is 9.33. The predicted molar refractivity (Wildman–Crippen MR) is 60.8 cm³/mol. The number of benzene rings is 1. The lowest BCUT2D eigenvalue weighted by molar-refractivity contribution is 0.469. The monoisotopic (exact) mass is 192 g/mol. The first-order chi connectivity index (χ1) is 6.59. The lowest BCUT2D eigenvalue weighted by Crippen LogP contribution is -2.11. The summed E-state index contributed by atoms with van der Waals surface area (Å²) in [5, 5.41) is 9.33. The molecule has 0 atom stereocenters. The Morgan fingerprint density at radius 2 is 1.86 bits per heavy atom. The predicted octanol–water partition coefficient (Wildman–Crippen LogP) is 3.64. The zero-order chi connectivity index (χ0) is 10.8. The first kappa shape index (κ1) is 11.1. The van der Waals surface area contributed by atoms with E-state index in [1.165, 1.54) is 17.5 Å². The minimum Gasteiger partial charge on any atom is -0.508 e. The van der Waals surface area contributed by atoms with Crippen LogP contribution >= 0.6 is 0 Å². The summed E-state index contributed by atoms with van der Waals surface area (Å²) < 4.78 is 0. The average molecular weight is 192 g/mol. The number of aromatic hydroxyl groups is 1. The SMILES string of the molecule is CC.CC1(C)CCc2ccc(O)cc21. The summed E-state index contributed by atoms with van der Waals surface area (Å²) in [6.07, 6.45) is 2.36. The summed E-state index contributed by atoms with van der Waals surface area (Å²) >= 11 is 0. The number of phenols is 1. The summed E-state index contributed by atoms with van der Waals surface area (Å²) in [6, 6.07) is 5.72. The molecule has 1 aliphatic carbocycles. The largest absolute Gasteiger partial charge is 0.508 e. The van der Waals surface area contributed by atoms with Gasteiger partial charge in [-0.25, -0.2) is 0 Å². The number of hydrogen-bond donors (Lipinski definition) is 1. The van der Waals surface area contributed by atoms with Gasteiger partial charge in [-0.15, -0.1) is 0 Å². The van der Waals surface area contributed by atoms with Crippen LogP contribution in [0.15, 0.2) is 18.2 Å². The molecule has 0 saturated heterocycles. The van der Waals surface area contributed by atoms with Gasteiger partial charge >= 0.3 is 0 Å². The summed E-state index contributed by atoms with van der Waals surface area (Å²) in [6.45, 7) is 8.47. The van der Waals surface area contributed by atoms with Gasteiger partial charge in [0.2, 0.25) is 0 Å². The molecule has 0 radical (unpaired) electrons. The third kappa shape index (κ3) is 1.92. The molecular weight excluding hydrogens is 172 g/mol. The quantitative estimate of drug-likeness (QED) is 0.665. The van der Waals surface area contributed by atoms with Crippen LogP contribution in [-0.2, 0) is 11.8 Å². The minimum atomic E-state index is 0.258. The van der Waals surface area contributed by atoms with Gasteiger partial charge in [0.05, 0.1) is 0 Å². The second kappa shape index (κ2) is 4.04. The van der Waals surface area contributed by atoms with Crippen LogP contribution in [0.3, 0.4) is 0 Å². The van der Waals surface area contributed by atoms with Crippen LogP contribution in [0.5, 0.6) is 5.75 Å². The highest BCUT2D eigenvalue weighted by Crippen LogP contribution is 2.39. The summed E-state index contributed by atoms with van der Waals surface area (Å²) in [4.78, 5) is 0. The fraction of sp³-hybridized carbons (Fsp3) is 0.538. The van der Waals surface area contributed by atoms with E-state index in [0.29, 0.717) is 5.75 Å². The van der Waals surface area contributed by atoms with Gasteiger partial charge in [0, 0.05) is 0 Å². The molecule has 0 fully saturated rings. The maximum Gasteiger partial charge on any atom is 0.115 e. The van der Waals surface area contributed by atoms with Crippen molar-refractivity contribution in [1.29, 1.82) is 0 Å². The van der Waals surface area contributed by atoms with Crippen LogP contribution in [-0.4, -0.2) is 5.11 Å². The number of hydrogen-bond acceptors (Lipinski definition) is 1. The van der Waals surface area contributed by atoms with E-state index in [-0.39, 0.29) is 5.41 Å². The van der Waals surface area contributed by atoms with E-state index in [0.717, 1.165) is 6.42 Å². The lowest BCUT2D eigenvalue weighted by Gasteiger charge is -2.18. The fourth-order valence-electron chi connectivity index (χ4n) is 1.99. The van der Waals surface area contributed by atoms with E-state index in [4.69, 9.17) is 0 Å². The molecule has 0 aliphatic heterocycles. The molecule has 1 aliphatic rings. The zero-order valence-electron chi connectivity index (χ0n) is 9.59. The van der Waals surface area contributed by atoms with Crippen molar-refractivity contribution >= 4 is 0 Å². The van der Waals surface area contributed by atoms with Gasteiger partial charge in [0.15, 0.2) is 0 Å². The van der Waals surface area contributed by atoms with E-state index < -0.39 is 0 Å². The van der Waals surface area contributed by atoms with Crippen LogP contribution < -0.4 is 0 Å². The molecule has 0 aromatic heterocycles. The van der Waals surface area contributed by atoms with Crippen LogP contribution in [0.2, 0.25) is 0 Å². The van der Waals surface area contributed by atoms with Crippen molar-refractivity contribution in [3.63, 3.8) is 0 Å². The molecule has 1 heteroatoms. The third-order valence-electron chi connectivity index (χ3n) is 2.84. The van der Waals surface area contributed by atoms with Crippen molar-refractivity contribution in [3.8, 4) is 5.75 Å². The Balaban J connectivity index is 0.000000461. The highest BCUT2D eigenvalue weighted by Gasteiger charge is 2.29. The van der Waals surface area contributed by atoms with Crippen LogP contribution in [0, 0.1) is 0 Å². The van der Waals surface area contributed by atoms with Gasteiger partial charge in [0.1, 0.15) is 5.75 Å². The van der Waals surface area contributed by atoms with Crippen molar-refractivity contribution in [1.82, 2.24) is 0 Å². The summed E-state index contributed by atoms with van der Waals surface area (Å²) in [7, 11) is 0. The Hall–Kier alpha value is -0.980. The smallest absolute Gasteiger partial charge is 0.115 e. The van der Waals surface area contributed by atoms with E-state index in [9.17, 15) is 5.11 Å². The van der Waals surface area contributed by atoms with Gasteiger partial charge in [0.25, 0.3) is 0 Å². The molecule has 2 rings (SSSR count). The Morgan fingerprint density at radius 1 is 1.21 bits per heavy atom. The zero-order valence-corrected chi connectivity index (χ0v) is 9.59. The van der Waals surface area contributed by atoms with Crippen molar-refractivity contribution in [2.75, 3.05) is 0 Å². The summed E-state index contributed by atoms with van der Waals surface area (Å²) in [5.41, 5.74) is 2.98. The van der Waals surface area contributed by atoms with Gasteiger partial charge in [-0.1, -0.05) is 33.8 Å². The Kier molecular flexibility index (Phi) is 3.20. The molecule has 78 valence electrons. The Morgan fingerprint density at radius 3 is 2.50 bits per heavy atom. The Bertz CT molecular complexity index is 313. The molecule has 0 heterocycles. The fourth-order valence-corrected chi connectivity index (χ4v) is 1.99. The van der Waals surface area contributed by atoms with Crippen molar-refractivity contribution in [3.05, 3.63) is 29.3 Å². The normalized spacial score (nSPS) is 16.9. The lowest BCUT2D eigenvalue weighted by atomic mass is 9.86. The molecule has 0 saturated carbocycles. The topological polar surface area (TPSA) is 20.2 Å². The summed E-state index contributed by atoms with van der Waals surface area (Å²) in [5.74, 6) is 0.392. The van der Waals surface area contributed by atoms with Gasteiger partial charge in [-0.05, 0) is 41.5 Å². The van der Waals surface area contributed by atoms with Crippen molar-refractivity contribution in [2.45, 2.75) is 46.0 Å². The van der Waals surface area contributed by atoms with Gasteiger partial charge < -0.3 is 5.11 Å². The van der Waals surface area contributed by atoms with Crippen LogP contribution in [0.4, 0.5) is 0 Å². The molecule has 0 bridgehead atoms. The average Bonchev–Trinajstić information content (AvgIpc) is 2.46. The van der Waals surface area contributed by atoms with Crippen LogP contribution in [0.25, 0.3) is 0 Å². The minimum absolute atomic E-state index is 0.258. The number of fused-ring (bicyclic) bond motifs is 1. The van der Waals surface area contributed by atoms with Crippen LogP contribution in [0.1, 0.15) is 45.2 Å². The van der Waals surface area contributed by atoms with E-state index >= 15 is 0 Å². The first-order valence-electron chi connectivity index (χ1n) is 5.42. The van der Waals surface area contributed by atoms with E-state index in [2.05, 4.69) is 13.8 Å². The highest BCUT2D eigenvalue weighted by atomic mass is 16.3. The second-order valence-electron chi connectivity index (χ2n) is 4.23. The molecule has 0 amide bonds. The standard InChI is InChI=1S/C11H14O.C2H6/c1-11(2)6-5-8-3-4-9(12)7-10(8)11;1-2/h3-4,7,12H,5-6H2,1-2H3;1-2H3. The molecule has 1 N–H and O–H groups in total. The number of rotatable bonds is 0. The highest BCUT2D eigenvalue weighted by molar-refractivity contribution is 5.42. The van der Waals surface area contributed by atoms with Gasteiger partial charge in [-0.2, -0.15) is 0 Å². The molecule has 1 nitrogen and oxygen atoms in total. The van der Waals surface area contributed by atoms with E-state index in [1.54, 1.807) is 6.07 Å². The van der Waals surface area contributed by atoms with Gasteiger partial charge in [-0.3, -0.25) is 0 Å². The number of phenolic OH excluding ortho intramolecular Hbond substituents is 1. The second-order valence-corrected chi connectivity index (χ2v) is 4.23. The molecular formula is C13H20O. The molecule has 0 unspecified atom stereocenters. The van der Waals surface area contributed by atoms with Crippen molar-refractivity contribution < 1.29 is 5.11 Å².